The lowest BCUT2D eigenvalue weighted by atomic mass is 10.5. The molecule has 4 heteroatoms. The quantitative estimate of drug-likeness (QED) is 0.388. The molecule has 0 aliphatic heterocycles. The number of rotatable bonds is 4. The molecule has 0 rings (SSSR count). The first kappa shape index (κ1) is 8.37. The van der Waals surface area contributed by atoms with Gasteiger partial charge in [-0.3, -0.25) is 0 Å². The fourth-order valence-corrected chi connectivity index (χ4v) is 0.293. The van der Waals surface area contributed by atoms with Crippen molar-refractivity contribution in [1.29, 1.82) is 5.26 Å². The van der Waals surface area contributed by atoms with Gasteiger partial charge in [0, 0.05) is 0 Å². The van der Waals surface area contributed by atoms with Crippen LogP contribution in [0.15, 0.2) is 0 Å². The number of nitriles is 1. The van der Waals surface area contributed by atoms with Gasteiger partial charge >= 0.3 is 0 Å². The van der Waals surface area contributed by atoms with Crippen molar-refractivity contribution in [3.8, 4) is 6.07 Å². The number of hydrogen-bond donors (Lipinski definition) is 2. The van der Waals surface area contributed by atoms with Gasteiger partial charge in [0.1, 0.15) is 0 Å². The standard InChI is InChI=1S/C5H9NO3/c6-2-1-3-9-5(8)4-7/h5,7-8H,1,3-4H2. The minimum absolute atomic E-state index is 0.165. The van der Waals surface area contributed by atoms with Gasteiger partial charge in [0.2, 0.25) is 0 Å². The molecule has 4 nitrogen and oxygen atoms in total. The average molecular weight is 131 g/mol. The molecule has 0 heterocycles. The minimum Gasteiger partial charge on any atom is -0.391 e. The summed E-state index contributed by atoms with van der Waals surface area (Å²) < 4.78 is 4.51. The van der Waals surface area contributed by atoms with Crippen LogP contribution in [0, 0.1) is 11.3 Å². The van der Waals surface area contributed by atoms with Crippen LogP contribution < -0.4 is 0 Å². The van der Waals surface area contributed by atoms with E-state index >= 15 is 0 Å². The molecule has 9 heavy (non-hydrogen) atoms. The molecule has 0 aliphatic carbocycles. The lowest BCUT2D eigenvalue weighted by Gasteiger charge is -2.05. The van der Waals surface area contributed by atoms with Gasteiger partial charge in [0.05, 0.1) is 25.7 Å². The van der Waals surface area contributed by atoms with Gasteiger partial charge in [-0.15, -0.1) is 0 Å². The molecule has 1 unspecified atom stereocenters. The molecule has 52 valence electrons. The third-order valence-corrected chi connectivity index (χ3v) is 0.680. The van der Waals surface area contributed by atoms with E-state index < -0.39 is 12.9 Å². The summed E-state index contributed by atoms with van der Waals surface area (Å²) in [4.78, 5) is 0. The lowest BCUT2D eigenvalue weighted by molar-refractivity contribution is -0.122. The molecule has 0 saturated heterocycles. The maximum Gasteiger partial charge on any atom is 0.177 e. The summed E-state index contributed by atoms with van der Waals surface area (Å²) in [5.41, 5.74) is 0. The highest BCUT2D eigenvalue weighted by molar-refractivity contribution is 4.67. The van der Waals surface area contributed by atoms with Crippen LogP contribution >= 0.6 is 0 Å². The Balaban J connectivity index is 2.99. The van der Waals surface area contributed by atoms with E-state index in [1.54, 1.807) is 0 Å². The van der Waals surface area contributed by atoms with Crippen LogP contribution in [0.1, 0.15) is 6.42 Å². The Kier molecular flexibility index (Phi) is 5.12. The third kappa shape index (κ3) is 5.24. The average Bonchev–Trinajstić information content (AvgIpc) is 1.89. The van der Waals surface area contributed by atoms with Crippen LogP contribution in [0.2, 0.25) is 0 Å². The minimum atomic E-state index is -1.14. The van der Waals surface area contributed by atoms with Crippen LogP contribution in [-0.4, -0.2) is 29.7 Å². The molecule has 0 aromatic heterocycles. The van der Waals surface area contributed by atoms with Crippen molar-refractivity contribution >= 4 is 0 Å². The van der Waals surface area contributed by atoms with E-state index in [-0.39, 0.29) is 13.0 Å². The predicted molar refractivity (Wildman–Crippen MR) is 29.3 cm³/mol. The lowest BCUT2D eigenvalue weighted by Crippen LogP contribution is -2.16. The van der Waals surface area contributed by atoms with Gasteiger partial charge in [-0.2, -0.15) is 5.26 Å². The highest BCUT2D eigenvalue weighted by atomic mass is 16.6. The fourth-order valence-electron chi connectivity index (χ4n) is 0.293. The van der Waals surface area contributed by atoms with Crippen molar-refractivity contribution in [3.63, 3.8) is 0 Å². The smallest absolute Gasteiger partial charge is 0.177 e. The summed E-state index contributed by atoms with van der Waals surface area (Å²) in [6.45, 7) is -0.260. The second kappa shape index (κ2) is 5.51. The van der Waals surface area contributed by atoms with Crippen molar-refractivity contribution in [2.45, 2.75) is 12.7 Å². The van der Waals surface area contributed by atoms with Crippen molar-refractivity contribution in [2.75, 3.05) is 13.2 Å². The first-order chi connectivity index (χ1) is 4.31. The molecular formula is C5H9NO3. The Bertz CT molecular complexity index is 98.9. The van der Waals surface area contributed by atoms with Crippen molar-refractivity contribution in [2.24, 2.45) is 0 Å². The largest absolute Gasteiger partial charge is 0.391 e. The zero-order valence-corrected chi connectivity index (χ0v) is 4.95. The molecule has 1 atom stereocenters. The summed E-state index contributed by atoms with van der Waals surface area (Å²) in [5, 5.41) is 24.7. The first-order valence-corrected chi connectivity index (χ1v) is 2.58. The second-order valence-corrected chi connectivity index (χ2v) is 1.42. The topological polar surface area (TPSA) is 73.5 Å². The molecule has 0 bridgehead atoms. The summed E-state index contributed by atoms with van der Waals surface area (Å²) in [7, 11) is 0. The highest BCUT2D eigenvalue weighted by Crippen LogP contribution is 1.85. The molecular weight excluding hydrogens is 122 g/mol. The van der Waals surface area contributed by atoms with E-state index in [4.69, 9.17) is 15.5 Å². The van der Waals surface area contributed by atoms with Gasteiger partial charge in [-0.05, 0) is 0 Å². The van der Waals surface area contributed by atoms with Crippen LogP contribution in [0.5, 0.6) is 0 Å². The monoisotopic (exact) mass is 131 g/mol. The van der Waals surface area contributed by atoms with E-state index in [1.165, 1.54) is 0 Å². The SMILES string of the molecule is N#CCCOC(O)CO. The van der Waals surface area contributed by atoms with Crippen molar-refractivity contribution in [3.05, 3.63) is 0 Å². The van der Waals surface area contributed by atoms with Crippen molar-refractivity contribution in [1.82, 2.24) is 0 Å². The molecule has 0 aromatic rings. The van der Waals surface area contributed by atoms with E-state index in [9.17, 15) is 0 Å². The number of hydrogen-bond acceptors (Lipinski definition) is 4. The van der Waals surface area contributed by atoms with Crippen molar-refractivity contribution < 1.29 is 14.9 Å². The number of aliphatic hydroxyl groups is 2. The zero-order chi connectivity index (χ0) is 7.11. The molecule has 0 radical (unpaired) electrons. The van der Waals surface area contributed by atoms with Crippen LogP contribution in [0.4, 0.5) is 0 Å². The molecule has 0 saturated carbocycles. The second-order valence-electron chi connectivity index (χ2n) is 1.42. The Hall–Kier alpha value is -0.630. The number of nitrogens with zero attached hydrogens (tertiary/aromatic N) is 1. The Morgan fingerprint density at radius 3 is 2.78 bits per heavy atom. The number of ether oxygens (including phenoxy) is 1. The Morgan fingerprint density at radius 2 is 2.33 bits per heavy atom. The molecule has 0 spiro atoms. The van der Waals surface area contributed by atoms with E-state index in [1.807, 2.05) is 6.07 Å². The molecule has 0 aliphatic rings. The van der Waals surface area contributed by atoms with Crippen LogP contribution in [0.3, 0.4) is 0 Å². The van der Waals surface area contributed by atoms with Gasteiger partial charge in [-0.25, -0.2) is 0 Å². The van der Waals surface area contributed by atoms with Gasteiger partial charge in [0.25, 0.3) is 0 Å². The third-order valence-electron chi connectivity index (χ3n) is 0.680. The summed E-state index contributed by atoms with van der Waals surface area (Å²) in [6, 6.07) is 1.83. The predicted octanol–water partition coefficient (Wildman–Crippen LogP) is -0.773. The van der Waals surface area contributed by atoms with Gasteiger partial charge in [-0.1, -0.05) is 0 Å². The van der Waals surface area contributed by atoms with E-state index in [0.717, 1.165) is 0 Å². The molecule has 0 fully saturated rings. The van der Waals surface area contributed by atoms with Gasteiger partial charge < -0.3 is 14.9 Å². The van der Waals surface area contributed by atoms with Crippen LogP contribution in [0.25, 0.3) is 0 Å². The Morgan fingerprint density at radius 1 is 1.67 bits per heavy atom. The first-order valence-electron chi connectivity index (χ1n) is 2.58. The fraction of sp³-hybridized carbons (Fsp3) is 0.800. The van der Waals surface area contributed by atoms with Gasteiger partial charge in [0.15, 0.2) is 6.29 Å². The Labute approximate surface area is 53.3 Å². The van der Waals surface area contributed by atoms with E-state index in [2.05, 4.69) is 4.74 Å². The zero-order valence-electron chi connectivity index (χ0n) is 4.95. The molecule has 2 N–H and O–H groups in total. The molecule has 0 amide bonds. The van der Waals surface area contributed by atoms with E-state index in [0.29, 0.717) is 0 Å². The number of aliphatic hydroxyl groups excluding tert-OH is 2. The molecule has 0 aromatic carbocycles. The summed E-state index contributed by atoms with van der Waals surface area (Å²) >= 11 is 0. The highest BCUT2D eigenvalue weighted by Gasteiger charge is 1.98. The normalized spacial score (nSPS) is 12.6. The summed E-state index contributed by atoms with van der Waals surface area (Å²) in [5.74, 6) is 0. The maximum absolute atomic E-state index is 8.50. The van der Waals surface area contributed by atoms with Crippen LogP contribution in [-0.2, 0) is 4.74 Å². The summed E-state index contributed by atoms with van der Waals surface area (Å²) in [6.07, 6.45) is -0.907. The maximum atomic E-state index is 8.50.